The minimum atomic E-state index is -0.387. The molecule has 37 heavy (non-hydrogen) atoms. The Morgan fingerprint density at radius 3 is 2.41 bits per heavy atom. The summed E-state index contributed by atoms with van der Waals surface area (Å²) < 4.78 is 7.45. The second-order valence-corrected chi connectivity index (χ2v) is 10.8. The van der Waals surface area contributed by atoms with E-state index in [0.29, 0.717) is 11.4 Å². The molecule has 0 bridgehead atoms. The molecule has 0 aliphatic carbocycles. The minimum Gasteiger partial charge on any atom is -0.495 e. The number of nitrogens with zero attached hydrogens (tertiary/aromatic N) is 6. The average Bonchev–Trinajstić information content (AvgIpc) is 3.38. The number of pyridine rings is 1. The van der Waals surface area contributed by atoms with Crippen LogP contribution in [0.4, 0.5) is 5.69 Å². The normalized spacial score (nSPS) is 15.8. The number of nitrogens with one attached hydrogen (secondary N) is 1. The molecule has 3 heterocycles. The van der Waals surface area contributed by atoms with Crippen LogP contribution in [0.1, 0.15) is 49.3 Å². The predicted octanol–water partition coefficient (Wildman–Crippen LogP) is 3.81. The van der Waals surface area contributed by atoms with Crippen molar-refractivity contribution in [1.82, 2.24) is 30.1 Å². The topological polar surface area (TPSA) is 92.2 Å². The third-order valence-electron chi connectivity index (χ3n) is 7.25. The number of hydrogen-bond acceptors (Lipinski definition) is 7. The van der Waals surface area contributed by atoms with E-state index >= 15 is 0 Å². The summed E-state index contributed by atoms with van der Waals surface area (Å²) in [6, 6.07) is 13.9. The van der Waals surface area contributed by atoms with E-state index in [1.807, 2.05) is 41.9 Å². The van der Waals surface area contributed by atoms with Gasteiger partial charge >= 0.3 is 0 Å². The highest BCUT2D eigenvalue weighted by Crippen LogP contribution is 2.33. The first-order chi connectivity index (χ1) is 17.7. The molecule has 4 aromatic rings. The second-order valence-electron chi connectivity index (χ2n) is 10.8. The Kier molecular flexibility index (Phi) is 6.49. The molecule has 1 aliphatic rings. The van der Waals surface area contributed by atoms with Crippen LogP contribution in [0.5, 0.6) is 5.75 Å². The van der Waals surface area contributed by atoms with Gasteiger partial charge in [0.2, 0.25) is 0 Å². The first-order valence-corrected chi connectivity index (χ1v) is 12.7. The Balaban J connectivity index is 1.58. The number of rotatable bonds is 5. The fourth-order valence-electron chi connectivity index (χ4n) is 5.25. The lowest BCUT2D eigenvalue weighted by Crippen LogP contribution is -2.49. The van der Waals surface area contributed by atoms with E-state index in [0.717, 1.165) is 59.6 Å². The zero-order valence-electron chi connectivity index (χ0n) is 22.4. The Hall–Kier alpha value is -3.72. The standard InChI is InChI=1S/C28H35N7O2/c1-18-11-12-19(2)24-20(18)17-21(27(36)29-24)25(26-30-31-32-35(26)28(3,4)5)34-15-13-33(14-16-34)22-9-7-8-10-23(22)37-6/h7-12,17,25H,13-16H2,1-6H3,(H,29,36). The number of aromatic amines is 1. The van der Waals surface area contributed by atoms with Gasteiger partial charge in [0, 0.05) is 37.1 Å². The summed E-state index contributed by atoms with van der Waals surface area (Å²) in [6.07, 6.45) is 0. The number of piperazine rings is 1. The molecular weight excluding hydrogens is 466 g/mol. The van der Waals surface area contributed by atoms with Gasteiger partial charge in [0.1, 0.15) is 11.8 Å². The number of aryl methyl sites for hydroxylation is 2. The fraction of sp³-hybridized carbons (Fsp3) is 0.429. The number of para-hydroxylation sites is 2. The predicted molar refractivity (Wildman–Crippen MR) is 145 cm³/mol. The summed E-state index contributed by atoms with van der Waals surface area (Å²) >= 11 is 0. The van der Waals surface area contributed by atoms with E-state index in [1.165, 1.54) is 0 Å². The lowest BCUT2D eigenvalue weighted by atomic mass is 9.98. The van der Waals surface area contributed by atoms with Crippen molar-refractivity contribution in [1.29, 1.82) is 0 Å². The SMILES string of the molecule is COc1ccccc1N1CCN(C(c2cc3c(C)ccc(C)c3[nH]c2=O)c2nnnn2C(C)(C)C)CC1. The molecule has 194 valence electrons. The fourth-order valence-corrected chi connectivity index (χ4v) is 5.25. The maximum Gasteiger partial charge on any atom is 0.253 e. The van der Waals surface area contributed by atoms with Gasteiger partial charge in [-0.2, -0.15) is 0 Å². The lowest BCUT2D eigenvalue weighted by molar-refractivity contribution is 0.190. The number of methoxy groups -OCH3 is 1. The number of H-pyrrole nitrogens is 1. The molecule has 1 atom stereocenters. The Bertz CT molecular complexity index is 1480. The Labute approximate surface area is 217 Å². The third-order valence-corrected chi connectivity index (χ3v) is 7.25. The van der Waals surface area contributed by atoms with Crippen LogP contribution < -0.4 is 15.2 Å². The molecule has 0 saturated carbocycles. The molecule has 2 aromatic carbocycles. The number of benzene rings is 2. The smallest absolute Gasteiger partial charge is 0.253 e. The molecule has 0 amide bonds. The maximum absolute atomic E-state index is 13.6. The van der Waals surface area contributed by atoms with E-state index in [9.17, 15) is 4.79 Å². The molecule has 1 fully saturated rings. The molecule has 1 aliphatic heterocycles. The van der Waals surface area contributed by atoms with E-state index in [4.69, 9.17) is 4.74 Å². The van der Waals surface area contributed by atoms with Gasteiger partial charge in [0.15, 0.2) is 5.82 Å². The number of fused-ring (bicyclic) bond motifs is 1. The van der Waals surface area contributed by atoms with Gasteiger partial charge < -0.3 is 14.6 Å². The third kappa shape index (κ3) is 4.59. The number of anilines is 1. The second kappa shape index (κ2) is 9.63. The first kappa shape index (κ1) is 25.0. The number of aromatic nitrogens is 5. The van der Waals surface area contributed by atoms with Crippen molar-refractivity contribution in [3.8, 4) is 5.75 Å². The van der Waals surface area contributed by atoms with Crippen molar-refractivity contribution in [2.75, 3.05) is 38.2 Å². The number of ether oxygens (including phenoxy) is 1. The maximum atomic E-state index is 13.6. The van der Waals surface area contributed by atoms with Gasteiger partial charge in [-0.15, -0.1) is 5.10 Å². The summed E-state index contributed by atoms with van der Waals surface area (Å²) in [4.78, 5) is 21.4. The van der Waals surface area contributed by atoms with Crippen LogP contribution in [-0.2, 0) is 5.54 Å². The van der Waals surface area contributed by atoms with Crippen LogP contribution in [0.2, 0.25) is 0 Å². The molecule has 1 N–H and O–H groups in total. The van der Waals surface area contributed by atoms with Gasteiger partial charge in [-0.1, -0.05) is 24.3 Å². The van der Waals surface area contributed by atoms with Gasteiger partial charge in [-0.05, 0) is 74.4 Å². The molecule has 1 saturated heterocycles. The summed E-state index contributed by atoms with van der Waals surface area (Å²) in [5.41, 5.74) is 4.33. The molecule has 0 radical (unpaired) electrons. The molecule has 9 heteroatoms. The molecular formula is C28H35N7O2. The monoisotopic (exact) mass is 501 g/mol. The lowest BCUT2D eigenvalue weighted by Gasteiger charge is -2.40. The highest BCUT2D eigenvalue weighted by Gasteiger charge is 2.35. The number of tetrazole rings is 1. The highest BCUT2D eigenvalue weighted by molar-refractivity contribution is 5.85. The van der Waals surface area contributed by atoms with E-state index in [2.05, 4.69) is 70.1 Å². The summed E-state index contributed by atoms with van der Waals surface area (Å²) in [5.74, 6) is 1.54. The zero-order valence-corrected chi connectivity index (χ0v) is 22.4. The van der Waals surface area contributed by atoms with Crippen molar-refractivity contribution >= 4 is 16.6 Å². The van der Waals surface area contributed by atoms with E-state index in [-0.39, 0.29) is 17.1 Å². The number of hydrogen-bond donors (Lipinski definition) is 1. The van der Waals surface area contributed by atoms with Crippen LogP contribution in [-0.4, -0.2) is 63.4 Å². The van der Waals surface area contributed by atoms with Crippen molar-refractivity contribution in [3.05, 3.63) is 75.3 Å². The van der Waals surface area contributed by atoms with Crippen LogP contribution in [0.25, 0.3) is 10.9 Å². The quantitative estimate of drug-likeness (QED) is 0.445. The molecule has 5 rings (SSSR count). The minimum absolute atomic E-state index is 0.109. The molecule has 0 spiro atoms. The van der Waals surface area contributed by atoms with Crippen LogP contribution in [0, 0.1) is 13.8 Å². The molecule has 1 unspecified atom stereocenters. The first-order valence-electron chi connectivity index (χ1n) is 12.7. The summed E-state index contributed by atoms with van der Waals surface area (Å²) in [7, 11) is 1.70. The molecule has 9 nitrogen and oxygen atoms in total. The van der Waals surface area contributed by atoms with Crippen molar-refractivity contribution in [2.24, 2.45) is 0 Å². The van der Waals surface area contributed by atoms with Crippen molar-refractivity contribution in [3.63, 3.8) is 0 Å². The van der Waals surface area contributed by atoms with Crippen LogP contribution in [0.3, 0.4) is 0 Å². The molecule has 2 aromatic heterocycles. The highest BCUT2D eigenvalue weighted by atomic mass is 16.5. The Morgan fingerprint density at radius 2 is 1.70 bits per heavy atom. The largest absolute Gasteiger partial charge is 0.495 e. The van der Waals surface area contributed by atoms with Crippen molar-refractivity contribution < 1.29 is 4.74 Å². The zero-order chi connectivity index (χ0) is 26.3. The van der Waals surface area contributed by atoms with E-state index in [1.54, 1.807) is 7.11 Å². The van der Waals surface area contributed by atoms with Gasteiger partial charge in [-0.3, -0.25) is 9.69 Å². The summed E-state index contributed by atoms with van der Waals surface area (Å²) in [6.45, 7) is 13.4. The van der Waals surface area contributed by atoms with Gasteiger partial charge in [-0.25, -0.2) is 4.68 Å². The van der Waals surface area contributed by atoms with Crippen LogP contribution in [0.15, 0.2) is 47.3 Å². The summed E-state index contributed by atoms with van der Waals surface area (Å²) in [5, 5.41) is 13.9. The van der Waals surface area contributed by atoms with Crippen LogP contribution >= 0.6 is 0 Å². The Morgan fingerprint density at radius 1 is 1.00 bits per heavy atom. The average molecular weight is 502 g/mol. The van der Waals surface area contributed by atoms with Gasteiger partial charge in [0.05, 0.1) is 23.9 Å². The van der Waals surface area contributed by atoms with Crippen molar-refractivity contribution in [2.45, 2.75) is 46.2 Å². The van der Waals surface area contributed by atoms with Gasteiger partial charge in [0.25, 0.3) is 5.56 Å². The van der Waals surface area contributed by atoms with E-state index < -0.39 is 0 Å².